The summed E-state index contributed by atoms with van der Waals surface area (Å²) in [5, 5.41) is 0. The first-order valence-electron chi connectivity index (χ1n) is 19.2. The number of hydrogen-bond donors (Lipinski definition) is 0. The van der Waals surface area contributed by atoms with E-state index in [0.717, 1.165) is 58.1 Å². The third-order valence-electron chi connectivity index (χ3n) is 11.2. The predicted octanol–water partition coefficient (Wildman–Crippen LogP) is 12.5. The molecule has 0 aliphatic rings. The highest BCUT2D eigenvalue weighted by molar-refractivity contribution is 5.41. The first kappa shape index (κ1) is 38.7. The van der Waals surface area contributed by atoms with Gasteiger partial charge in [-0.1, -0.05) is 124 Å². The summed E-state index contributed by atoms with van der Waals surface area (Å²) in [5.41, 5.74) is 5.60. The molecule has 4 unspecified atom stereocenters. The Kier molecular flexibility index (Phi) is 12.6. The van der Waals surface area contributed by atoms with Crippen molar-refractivity contribution in [1.29, 1.82) is 0 Å². The van der Waals surface area contributed by atoms with Gasteiger partial charge in [0.15, 0.2) is 0 Å². The Hall–Kier alpha value is -6.00. The molecule has 276 valence electrons. The van der Waals surface area contributed by atoms with Gasteiger partial charge in [0.05, 0.1) is 12.2 Å². The van der Waals surface area contributed by atoms with Crippen LogP contribution in [0.2, 0.25) is 0 Å². The van der Waals surface area contributed by atoms with E-state index in [9.17, 15) is 0 Å². The Morgan fingerprint density at radius 2 is 0.836 bits per heavy atom. The van der Waals surface area contributed by atoms with Crippen LogP contribution in [0.1, 0.15) is 73.9 Å². The summed E-state index contributed by atoms with van der Waals surface area (Å²) in [6.07, 6.45) is 14.2. The maximum atomic E-state index is 7.75. The minimum absolute atomic E-state index is 0.231. The fraction of sp³-hybridized carbons (Fsp3) is 0.231. The number of ether oxygens (including phenoxy) is 3. The van der Waals surface area contributed by atoms with Crippen LogP contribution in [-0.2, 0) is 28.4 Å². The third-order valence-corrected chi connectivity index (χ3v) is 11.2. The van der Waals surface area contributed by atoms with E-state index in [4.69, 9.17) is 27.1 Å². The van der Waals surface area contributed by atoms with Crippen molar-refractivity contribution in [2.24, 2.45) is 0 Å². The van der Waals surface area contributed by atoms with E-state index in [0.29, 0.717) is 12.8 Å². The Balaban J connectivity index is 1.43. The zero-order valence-electron chi connectivity index (χ0n) is 32.4. The Labute approximate surface area is 328 Å². The van der Waals surface area contributed by atoms with Crippen molar-refractivity contribution >= 4 is 0 Å². The van der Waals surface area contributed by atoms with Crippen LogP contribution in [0.15, 0.2) is 158 Å². The minimum atomic E-state index is -0.373. The van der Waals surface area contributed by atoms with Gasteiger partial charge in [0.2, 0.25) is 0 Å². The maximum absolute atomic E-state index is 7.75. The first-order valence-corrected chi connectivity index (χ1v) is 19.2. The van der Waals surface area contributed by atoms with Crippen LogP contribution in [0.5, 0.6) is 23.0 Å². The van der Waals surface area contributed by atoms with Crippen LogP contribution in [-0.4, -0.2) is 12.2 Å². The molecule has 4 atom stereocenters. The minimum Gasteiger partial charge on any atom is -0.457 e. The van der Waals surface area contributed by atoms with Crippen molar-refractivity contribution in [1.82, 2.24) is 0 Å². The van der Waals surface area contributed by atoms with Gasteiger partial charge in [-0.25, -0.2) is 0 Å². The monoisotopic (exact) mass is 722 g/mol. The van der Waals surface area contributed by atoms with Gasteiger partial charge >= 0.3 is 0 Å². The smallest absolute Gasteiger partial charge is 0.127 e. The topological polar surface area (TPSA) is 27.7 Å². The Morgan fingerprint density at radius 3 is 1.18 bits per heavy atom. The summed E-state index contributed by atoms with van der Waals surface area (Å²) in [6, 6.07) is 53.4. The summed E-state index contributed by atoms with van der Waals surface area (Å²) in [6.45, 7) is 9.14. The van der Waals surface area contributed by atoms with E-state index >= 15 is 0 Å². The average Bonchev–Trinajstić information content (AvgIpc) is 3.23. The van der Waals surface area contributed by atoms with E-state index in [2.05, 4.69) is 100 Å². The lowest BCUT2D eigenvalue weighted by Gasteiger charge is -2.45. The third kappa shape index (κ3) is 9.39. The molecular weight excluding hydrogens is 673 g/mol. The molecule has 0 spiro atoms. The molecule has 0 radical (unpaired) electrons. The van der Waals surface area contributed by atoms with E-state index in [-0.39, 0.29) is 23.0 Å². The molecule has 0 aliphatic carbocycles. The number of terminal acetylenes is 2. The van der Waals surface area contributed by atoms with Crippen molar-refractivity contribution in [2.75, 3.05) is 0 Å². The van der Waals surface area contributed by atoms with Crippen molar-refractivity contribution in [3.05, 3.63) is 191 Å². The van der Waals surface area contributed by atoms with Gasteiger partial charge < -0.3 is 14.2 Å². The molecule has 0 aliphatic heterocycles. The van der Waals surface area contributed by atoms with E-state index in [1.54, 1.807) is 0 Å². The molecule has 0 bridgehead atoms. The summed E-state index contributed by atoms with van der Waals surface area (Å²) in [7, 11) is 0. The predicted molar refractivity (Wildman–Crippen MR) is 226 cm³/mol. The molecule has 0 heterocycles. The van der Waals surface area contributed by atoms with Gasteiger partial charge in [-0.15, -0.1) is 12.8 Å². The number of rotatable bonds is 16. The van der Waals surface area contributed by atoms with Crippen molar-refractivity contribution in [3.63, 3.8) is 0 Å². The summed E-state index contributed by atoms with van der Waals surface area (Å²) < 4.78 is 20.3. The lowest BCUT2D eigenvalue weighted by Crippen LogP contribution is -2.48. The van der Waals surface area contributed by atoms with E-state index in [1.165, 1.54) is 11.1 Å². The van der Waals surface area contributed by atoms with Gasteiger partial charge in [0.1, 0.15) is 23.0 Å². The average molecular weight is 723 g/mol. The number of hydrogen-bond acceptors (Lipinski definition) is 3. The van der Waals surface area contributed by atoms with Gasteiger partial charge in [0.25, 0.3) is 0 Å². The van der Waals surface area contributed by atoms with Gasteiger partial charge in [-0.3, -0.25) is 0 Å². The zero-order chi connectivity index (χ0) is 38.7. The molecular formula is C52H50O3. The first-order chi connectivity index (χ1) is 26.8. The second-order valence-corrected chi connectivity index (χ2v) is 14.6. The van der Waals surface area contributed by atoms with E-state index in [1.807, 2.05) is 97.1 Å². The Morgan fingerprint density at radius 1 is 0.473 bits per heavy atom. The molecule has 6 aromatic rings. The molecule has 6 rings (SSSR count). The highest BCUT2D eigenvalue weighted by Crippen LogP contribution is 2.42. The Bertz CT molecular complexity index is 2050. The van der Waals surface area contributed by atoms with Crippen LogP contribution in [0, 0.1) is 24.7 Å². The highest BCUT2D eigenvalue weighted by atomic mass is 16.5. The van der Waals surface area contributed by atoms with Crippen molar-refractivity contribution in [2.45, 2.75) is 76.4 Å². The van der Waals surface area contributed by atoms with Gasteiger partial charge in [-0.2, -0.15) is 0 Å². The van der Waals surface area contributed by atoms with Crippen molar-refractivity contribution < 1.29 is 14.2 Å². The molecule has 3 nitrogen and oxygen atoms in total. The fourth-order valence-electron chi connectivity index (χ4n) is 7.32. The van der Waals surface area contributed by atoms with E-state index < -0.39 is 0 Å². The van der Waals surface area contributed by atoms with Gasteiger partial charge in [-0.05, 0) is 121 Å². The molecule has 55 heavy (non-hydrogen) atoms. The lowest BCUT2D eigenvalue weighted by atomic mass is 9.70. The van der Waals surface area contributed by atoms with Crippen LogP contribution in [0.4, 0.5) is 0 Å². The fourth-order valence-corrected chi connectivity index (χ4v) is 7.32. The largest absolute Gasteiger partial charge is 0.457 e. The molecule has 0 N–H and O–H groups in total. The number of benzene rings is 6. The zero-order valence-corrected chi connectivity index (χ0v) is 32.4. The summed E-state index contributed by atoms with van der Waals surface area (Å²) in [5.74, 6) is 8.74. The highest BCUT2D eigenvalue weighted by Gasteiger charge is 2.42. The molecule has 0 aromatic heterocycles. The quantitative estimate of drug-likeness (QED) is 0.0931. The van der Waals surface area contributed by atoms with Crippen LogP contribution in [0.25, 0.3) is 0 Å². The molecule has 0 amide bonds. The van der Waals surface area contributed by atoms with Crippen LogP contribution in [0.3, 0.4) is 0 Å². The molecule has 6 aromatic carbocycles. The van der Waals surface area contributed by atoms with Crippen LogP contribution < -0.4 is 9.47 Å². The molecule has 0 saturated heterocycles. The molecule has 3 heteroatoms. The maximum Gasteiger partial charge on any atom is 0.127 e. The molecule has 0 saturated carbocycles. The normalized spacial score (nSPS) is 14.3. The second-order valence-electron chi connectivity index (χ2n) is 14.6. The van der Waals surface area contributed by atoms with Crippen molar-refractivity contribution in [3.8, 4) is 47.7 Å². The molecule has 0 fully saturated rings. The SMILES string of the molecule is C#Cc1ccc(C(C)(CC)C(Cc2cccc(Oc3ccccc3)c2)OC(Cc2cccc(Oc3ccccc3)c2)C(C)(CC)c2ccc(C#C)cc2)cc1. The number of para-hydroxylation sites is 2. The standard InChI is InChI=1S/C52H50O3/c1-7-39-27-31-43(32-28-39)51(5,9-3)49(37-41-19-17-25-47(35-41)53-45-21-13-11-14-22-45)55-50(52(6,10-4)44-33-29-40(8-2)30-34-44)38-42-20-18-26-48(36-42)54-46-23-15-12-16-24-46/h1-2,11-36,49-50H,9-10,37-38H2,3-6H3. The van der Waals surface area contributed by atoms with Crippen LogP contribution >= 0.6 is 0 Å². The van der Waals surface area contributed by atoms with Gasteiger partial charge in [0, 0.05) is 22.0 Å². The summed E-state index contributed by atoms with van der Waals surface area (Å²) in [4.78, 5) is 0. The summed E-state index contributed by atoms with van der Waals surface area (Å²) >= 11 is 0. The second kappa shape index (κ2) is 17.9. The lowest BCUT2D eigenvalue weighted by molar-refractivity contribution is -0.0840.